The minimum atomic E-state index is -0.356. The standard InChI is InChI=1S/C24H26ClN3O5/c1-31-21-11-15-10-16(23(29)26-20(15)12-22(21)32-2)13-28(14-17-6-5-9-33-17)24(30)27-19-8-4-3-7-18(19)25/h3-4,7-8,10-12,17H,5-6,9,13-14H2,1-2H3,(H,26,29)(H,27,30). The zero-order valence-electron chi connectivity index (χ0n) is 18.5. The van der Waals surface area contributed by atoms with Crippen molar-refractivity contribution in [3.8, 4) is 11.5 Å². The largest absolute Gasteiger partial charge is 0.493 e. The van der Waals surface area contributed by atoms with Gasteiger partial charge in [-0.25, -0.2) is 4.79 Å². The second-order valence-electron chi connectivity index (χ2n) is 7.84. The molecule has 0 saturated carbocycles. The molecule has 9 heteroatoms. The van der Waals surface area contributed by atoms with Crippen molar-refractivity contribution in [2.75, 3.05) is 32.7 Å². The Kier molecular flexibility index (Phi) is 7.05. The first-order valence-electron chi connectivity index (χ1n) is 10.7. The molecule has 1 atom stereocenters. The minimum absolute atomic E-state index is 0.0779. The summed E-state index contributed by atoms with van der Waals surface area (Å²) in [4.78, 5) is 30.5. The molecule has 0 radical (unpaired) electrons. The molecule has 2 amide bonds. The van der Waals surface area contributed by atoms with E-state index in [-0.39, 0.29) is 24.2 Å². The van der Waals surface area contributed by atoms with E-state index >= 15 is 0 Å². The molecule has 0 spiro atoms. The normalized spacial score (nSPS) is 15.4. The number of halogens is 1. The molecule has 1 fully saturated rings. The van der Waals surface area contributed by atoms with Gasteiger partial charge >= 0.3 is 6.03 Å². The smallest absolute Gasteiger partial charge is 0.322 e. The number of hydrogen-bond donors (Lipinski definition) is 2. The van der Waals surface area contributed by atoms with Crippen LogP contribution in [0.2, 0.25) is 5.02 Å². The number of hydrogen-bond acceptors (Lipinski definition) is 5. The van der Waals surface area contributed by atoms with Gasteiger partial charge < -0.3 is 29.4 Å². The number of methoxy groups -OCH3 is 2. The molecule has 0 bridgehead atoms. The average molecular weight is 472 g/mol. The predicted molar refractivity (Wildman–Crippen MR) is 128 cm³/mol. The van der Waals surface area contributed by atoms with E-state index < -0.39 is 0 Å². The predicted octanol–water partition coefficient (Wildman–Crippen LogP) is 4.41. The van der Waals surface area contributed by atoms with E-state index in [0.29, 0.717) is 46.4 Å². The Morgan fingerprint density at radius 1 is 1.21 bits per heavy atom. The third kappa shape index (κ3) is 5.23. The first kappa shape index (κ1) is 22.9. The van der Waals surface area contributed by atoms with E-state index in [2.05, 4.69) is 10.3 Å². The summed E-state index contributed by atoms with van der Waals surface area (Å²) in [5, 5.41) is 4.05. The first-order chi connectivity index (χ1) is 16.0. The molecule has 174 valence electrons. The number of nitrogens with zero attached hydrogens (tertiary/aromatic N) is 1. The number of ether oxygens (including phenoxy) is 3. The van der Waals surface area contributed by atoms with Gasteiger partial charge in [0.15, 0.2) is 11.5 Å². The molecule has 0 aliphatic carbocycles. The highest BCUT2D eigenvalue weighted by Gasteiger charge is 2.24. The van der Waals surface area contributed by atoms with Crippen LogP contribution in [0.3, 0.4) is 0 Å². The Labute approximate surface area is 196 Å². The minimum Gasteiger partial charge on any atom is -0.493 e. The number of aromatic amines is 1. The van der Waals surface area contributed by atoms with E-state index in [0.717, 1.165) is 18.2 Å². The van der Waals surface area contributed by atoms with Gasteiger partial charge in [-0.3, -0.25) is 4.79 Å². The number of rotatable bonds is 7. The molecular formula is C24H26ClN3O5. The molecule has 3 aromatic rings. The molecule has 1 aromatic heterocycles. The van der Waals surface area contributed by atoms with E-state index in [4.69, 9.17) is 25.8 Å². The summed E-state index contributed by atoms with van der Waals surface area (Å²) in [7, 11) is 3.09. The molecule has 33 heavy (non-hydrogen) atoms. The van der Waals surface area contributed by atoms with Crippen LogP contribution in [-0.4, -0.2) is 49.4 Å². The zero-order chi connectivity index (χ0) is 23.4. The Hall–Kier alpha value is -3.23. The molecule has 2 heterocycles. The van der Waals surface area contributed by atoms with E-state index in [9.17, 15) is 9.59 Å². The summed E-state index contributed by atoms with van der Waals surface area (Å²) in [6, 6.07) is 11.9. The number of carbonyl (C=O) groups is 1. The number of pyridine rings is 1. The lowest BCUT2D eigenvalue weighted by molar-refractivity contribution is 0.0818. The highest BCUT2D eigenvalue weighted by molar-refractivity contribution is 6.33. The second kappa shape index (κ2) is 10.1. The van der Waals surface area contributed by atoms with E-state index in [1.165, 1.54) is 7.11 Å². The van der Waals surface area contributed by atoms with Crippen molar-refractivity contribution in [2.24, 2.45) is 0 Å². The second-order valence-corrected chi connectivity index (χ2v) is 8.25. The van der Waals surface area contributed by atoms with Gasteiger partial charge in [-0.05, 0) is 37.1 Å². The highest BCUT2D eigenvalue weighted by atomic mass is 35.5. The maximum atomic E-state index is 13.2. The maximum Gasteiger partial charge on any atom is 0.322 e. The summed E-state index contributed by atoms with van der Waals surface area (Å²) in [5.41, 5.74) is 1.29. The van der Waals surface area contributed by atoms with Gasteiger partial charge in [-0.2, -0.15) is 0 Å². The Morgan fingerprint density at radius 3 is 2.67 bits per heavy atom. The Morgan fingerprint density at radius 2 is 1.97 bits per heavy atom. The highest BCUT2D eigenvalue weighted by Crippen LogP contribution is 2.31. The van der Waals surface area contributed by atoms with Gasteiger partial charge in [-0.1, -0.05) is 23.7 Å². The van der Waals surface area contributed by atoms with Crippen molar-refractivity contribution < 1.29 is 19.0 Å². The number of carbonyl (C=O) groups excluding carboxylic acids is 1. The van der Waals surface area contributed by atoms with Gasteiger partial charge in [-0.15, -0.1) is 0 Å². The van der Waals surface area contributed by atoms with Crippen molar-refractivity contribution in [3.63, 3.8) is 0 Å². The number of fused-ring (bicyclic) bond motifs is 1. The maximum absolute atomic E-state index is 13.2. The molecule has 1 saturated heterocycles. The topological polar surface area (TPSA) is 92.9 Å². The van der Waals surface area contributed by atoms with Crippen LogP contribution in [0.15, 0.2) is 47.3 Å². The molecule has 8 nitrogen and oxygen atoms in total. The number of anilines is 1. The lowest BCUT2D eigenvalue weighted by Crippen LogP contribution is -2.40. The van der Waals surface area contributed by atoms with Crippen LogP contribution in [0, 0.1) is 0 Å². The summed E-state index contributed by atoms with van der Waals surface area (Å²) < 4.78 is 16.4. The Balaban J connectivity index is 1.64. The van der Waals surface area contributed by atoms with Crippen LogP contribution in [-0.2, 0) is 11.3 Å². The van der Waals surface area contributed by atoms with Gasteiger partial charge in [0.05, 0.1) is 43.1 Å². The SMILES string of the molecule is COc1cc2cc(CN(CC3CCCO3)C(=O)Nc3ccccc3Cl)c(=O)[nH]c2cc1OC. The average Bonchev–Trinajstić information content (AvgIpc) is 3.33. The Bertz CT molecular complexity index is 1210. The van der Waals surface area contributed by atoms with Gasteiger partial charge in [0, 0.05) is 30.2 Å². The lowest BCUT2D eigenvalue weighted by Gasteiger charge is -2.26. The lowest BCUT2D eigenvalue weighted by atomic mass is 10.1. The third-order valence-corrected chi connectivity index (χ3v) is 5.97. The quantitative estimate of drug-likeness (QED) is 0.532. The monoisotopic (exact) mass is 471 g/mol. The fraction of sp³-hybridized carbons (Fsp3) is 0.333. The summed E-state index contributed by atoms with van der Waals surface area (Å²) >= 11 is 6.21. The van der Waals surface area contributed by atoms with E-state index in [1.807, 2.05) is 0 Å². The number of amides is 2. The van der Waals surface area contributed by atoms with Gasteiger partial charge in [0.2, 0.25) is 0 Å². The number of urea groups is 1. The number of benzene rings is 2. The van der Waals surface area contributed by atoms with Crippen LogP contribution in [0.4, 0.5) is 10.5 Å². The van der Waals surface area contributed by atoms with Crippen molar-refractivity contribution in [1.82, 2.24) is 9.88 Å². The van der Waals surface area contributed by atoms with Crippen molar-refractivity contribution in [2.45, 2.75) is 25.5 Å². The first-order valence-corrected chi connectivity index (χ1v) is 11.1. The fourth-order valence-electron chi connectivity index (χ4n) is 3.91. The van der Waals surface area contributed by atoms with Crippen molar-refractivity contribution in [3.05, 3.63) is 63.4 Å². The molecule has 1 aliphatic rings. The van der Waals surface area contributed by atoms with Crippen LogP contribution in [0.5, 0.6) is 11.5 Å². The van der Waals surface area contributed by atoms with E-state index in [1.54, 1.807) is 54.5 Å². The van der Waals surface area contributed by atoms with Crippen molar-refractivity contribution in [1.29, 1.82) is 0 Å². The van der Waals surface area contributed by atoms with Crippen LogP contribution < -0.4 is 20.3 Å². The summed E-state index contributed by atoms with van der Waals surface area (Å²) in [5.74, 6) is 1.07. The van der Waals surface area contributed by atoms with Crippen LogP contribution in [0.1, 0.15) is 18.4 Å². The molecular weight excluding hydrogens is 446 g/mol. The molecule has 1 unspecified atom stereocenters. The third-order valence-electron chi connectivity index (χ3n) is 5.64. The van der Waals surface area contributed by atoms with Gasteiger partial charge in [0.1, 0.15) is 0 Å². The van der Waals surface area contributed by atoms with Crippen molar-refractivity contribution >= 4 is 34.2 Å². The zero-order valence-corrected chi connectivity index (χ0v) is 19.3. The van der Waals surface area contributed by atoms with Gasteiger partial charge in [0.25, 0.3) is 5.56 Å². The molecule has 2 aromatic carbocycles. The fourth-order valence-corrected chi connectivity index (χ4v) is 4.09. The summed E-state index contributed by atoms with van der Waals surface area (Å²) in [6.45, 7) is 1.14. The van der Waals surface area contributed by atoms with Crippen LogP contribution in [0.25, 0.3) is 10.9 Å². The molecule has 1 aliphatic heterocycles. The number of para-hydroxylation sites is 1. The molecule has 2 N–H and O–H groups in total. The van der Waals surface area contributed by atoms with Crippen LogP contribution >= 0.6 is 11.6 Å². The number of aromatic nitrogens is 1. The molecule has 4 rings (SSSR count). The number of nitrogens with one attached hydrogen (secondary N) is 2. The summed E-state index contributed by atoms with van der Waals surface area (Å²) in [6.07, 6.45) is 1.73. The number of H-pyrrole nitrogens is 1.